The van der Waals surface area contributed by atoms with Gasteiger partial charge < -0.3 is 37.9 Å². The van der Waals surface area contributed by atoms with Crippen molar-refractivity contribution in [1.82, 2.24) is 0 Å². The van der Waals surface area contributed by atoms with E-state index in [0.29, 0.717) is 6.61 Å². The first-order valence-corrected chi connectivity index (χ1v) is 7.48. The van der Waals surface area contributed by atoms with Crippen LogP contribution in [0.25, 0.3) is 5.57 Å². The summed E-state index contributed by atoms with van der Waals surface area (Å²) in [6.07, 6.45) is 3.87. The molecule has 0 unspecified atom stereocenters. The number of methoxy groups -OCH3 is 1. The normalized spacial score (nSPS) is 10.4. The average molecular weight is 429 g/mol. The minimum absolute atomic E-state index is 0. The van der Waals surface area contributed by atoms with Crippen LogP contribution in [0, 0.1) is 0 Å². The fourth-order valence-electron chi connectivity index (χ4n) is 2.41. The molecule has 1 aromatic carbocycles. The monoisotopic (exact) mass is 429 g/mol. The molecule has 0 heterocycles. The van der Waals surface area contributed by atoms with Crippen molar-refractivity contribution in [2.45, 2.75) is 6.92 Å². The first kappa shape index (κ1) is 21.7. The Bertz CT molecular complexity index is 530. The van der Waals surface area contributed by atoms with Gasteiger partial charge in [0.05, 0.1) is 27.2 Å². The molecule has 0 saturated heterocycles. The summed E-state index contributed by atoms with van der Waals surface area (Å²) < 4.78 is 12.3. The Hall–Kier alpha value is -1.27. The number of halogens is 1. The van der Waals surface area contributed by atoms with Crippen molar-refractivity contribution >= 4 is 5.57 Å². The standard InChI is InChI=1S/C19H28NO2.HI/c1-7-12-20(5,13-8-2)14-15-22-19-17(16(3)4)10-9-11-18(19)21-6;/h7-11H,1-3,12-15H2,4-6H3;1H/q+1;/p-1. The second-order valence-electron chi connectivity index (χ2n) is 5.75. The van der Waals surface area contributed by atoms with Gasteiger partial charge in [-0.1, -0.05) is 31.9 Å². The van der Waals surface area contributed by atoms with Crippen LogP contribution in [0.2, 0.25) is 0 Å². The number of para-hydroxylation sites is 1. The van der Waals surface area contributed by atoms with Gasteiger partial charge in [-0.15, -0.1) is 0 Å². The molecule has 0 N–H and O–H groups in total. The van der Waals surface area contributed by atoms with Gasteiger partial charge in [-0.3, -0.25) is 0 Å². The molecule has 128 valence electrons. The first-order valence-electron chi connectivity index (χ1n) is 7.48. The summed E-state index contributed by atoms with van der Waals surface area (Å²) in [5, 5.41) is 0. The lowest BCUT2D eigenvalue weighted by molar-refractivity contribution is -0.898. The minimum atomic E-state index is 0. The number of rotatable bonds is 10. The molecule has 0 amide bonds. The number of benzene rings is 1. The Morgan fingerprint density at radius 1 is 1.22 bits per heavy atom. The number of hydrogen-bond acceptors (Lipinski definition) is 2. The summed E-state index contributed by atoms with van der Waals surface area (Å²) in [7, 11) is 3.83. The number of ether oxygens (including phenoxy) is 2. The van der Waals surface area contributed by atoms with E-state index in [4.69, 9.17) is 9.47 Å². The van der Waals surface area contributed by atoms with E-state index in [1.165, 1.54) is 0 Å². The molecule has 0 radical (unpaired) electrons. The molecule has 1 rings (SSSR count). The molecule has 1 aromatic rings. The van der Waals surface area contributed by atoms with E-state index in [9.17, 15) is 0 Å². The van der Waals surface area contributed by atoms with Crippen LogP contribution in [0.5, 0.6) is 11.5 Å². The second-order valence-corrected chi connectivity index (χ2v) is 5.75. The van der Waals surface area contributed by atoms with Crippen LogP contribution in [-0.2, 0) is 0 Å². The van der Waals surface area contributed by atoms with Crippen LogP contribution in [0.1, 0.15) is 12.5 Å². The molecule has 0 spiro atoms. The van der Waals surface area contributed by atoms with Crippen LogP contribution in [-0.4, -0.2) is 44.9 Å². The van der Waals surface area contributed by atoms with Crippen LogP contribution in [0.15, 0.2) is 50.1 Å². The van der Waals surface area contributed by atoms with Crippen LogP contribution < -0.4 is 33.5 Å². The number of nitrogens with zero attached hydrogens (tertiary/aromatic N) is 1. The lowest BCUT2D eigenvalue weighted by atomic mass is 10.1. The van der Waals surface area contributed by atoms with Crippen LogP contribution >= 0.6 is 0 Å². The van der Waals surface area contributed by atoms with Gasteiger partial charge in [0.1, 0.15) is 13.2 Å². The van der Waals surface area contributed by atoms with Crippen molar-refractivity contribution in [3.8, 4) is 11.5 Å². The SMILES string of the molecule is C=CC[N+](C)(CC=C)CCOc1c(OC)cccc1C(=C)C.[I-]. The lowest BCUT2D eigenvalue weighted by Crippen LogP contribution is -3.00. The molecule has 0 aliphatic rings. The Morgan fingerprint density at radius 3 is 2.30 bits per heavy atom. The van der Waals surface area contributed by atoms with E-state index >= 15 is 0 Å². The predicted octanol–water partition coefficient (Wildman–Crippen LogP) is 0.930. The molecule has 0 fully saturated rings. The third kappa shape index (κ3) is 6.39. The van der Waals surface area contributed by atoms with Gasteiger partial charge in [0.15, 0.2) is 11.5 Å². The average Bonchev–Trinajstić information content (AvgIpc) is 2.47. The summed E-state index contributed by atoms with van der Waals surface area (Å²) >= 11 is 0. The van der Waals surface area contributed by atoms with Crippen LogP contribution in [0.3, 0.4) is 0 Å². The number of likely N-dealkylation sites (N-methyl/N-ethyl adjacent to an activating group) is 1. The molecule has 0 aliphatic heterocycles. The van der Waals surface area contributed by atoms with Gasteiger partial charge in [-0.05, 0) is 30.7 Å². The first-order chi connectivity index (χ1) is 10.5. The number of allylic oxidation sites excluding steroid dienone is 1. The quantitative estimate of drug-likeness (QED) is 0.313. The van der Waals surface area contributed by atoms with Crippen molar-refractivity contribution in [2.24, 2.45) is 0 Å². The Kier molecular flexibility index (Phi) is 9.91. The molecular weight excluding hydrogens is 401 g/mol. The Labute approximate surface area is 157 Å². The Balaban J connectivity index is 0.00000484. The minimum Gasteiger partial charge on any atom is -1.00 e. The molecule has 0 atom stereocenters. The maximum atomic E-state index is 6.04. The molecular formula is C19H28INO2. The van der Waals surface area contributed by atoms with Gasteiger partial charge in [-0.2, -0.15) is 0 Å². The molecule has 3 nitrogen and oxygen atoms in total. The molecule has 23 heavy (non-hydrogen) atoms. The van der Waals surface area contributed by atoms with Gasteiger partial charge in [0.25, 0.3) is 0 Å². The third-order valence-electron chi connectivity index (χ3n) is 3.68. The van der Waals surface area contributed by atoms with Crippen molar-refractivity contribution < 1.29 is 37.9 Å². The second kappa shape index (κ2) is 10.5. The smallest absolute Gasteiger partial charge is 0.168 e. The summed E-state index contributed by atoms with van der Waals surface area (Å²) in [6.45, 7) is 16.9. The fourth-order valence-corrected chi connectivity index (χ4v) is 2.41. The van der Waals surface area contributed by atoms with E-state index in [-0.39, 0.29) is 24.0 Å². The van der Waals surface area contributed by atoms with Gasteiger partial charge in [0, 0.05) is 5.56 Å². The highest BCUT2D eigenvalue weighted by Gasteiger charge is 2.19. The Morgan fingerprint density at radius 2 is 1.83 bits per heavy atom. The molecule has 0 saturated carbocycles. The molecule has 0 aromatic heterocycles. The maximum Gasteiger partial charge on any atom is 0.168 e. The number of hydrogen-bond donors (Lipinski definition) is 0. The largest absolute Gasteiger partial charge is 1.00 e. The van der Waals surface area contributed by atoms with Crippen molar-refractivity contribution in [3.63, 3.8) is 0 Å². The zero-order chi connectivity index (χ0) is 16.6. The van der Waals surface area contributed by atoms with Gasteiger partial charge >= 0.3 is 0 Å². The highest BCUT2D eigenvalue weighted by Crippen LogP contribution is 2.34. The highest BCUT2D eigenvalue weighted by molar-refractivity contribution is 5.70. The lowest BCUT2D eigenvalue weighted by Gasteiger charge is -2.32. The maximum absolute atomic E-state index is 6.04. The highest BCUT2D eigenvalue weighted by atomic mass is 127. The predicted molar refractivity (Wildman–Crippen MR) is 94.4 cm³/mol. The third-order valence-corrected chi connectivity index (χ3v) is 3.68. The fraction of sp³-hybridized carbons (Fsp3) is 0.368. The van der Waals surface area contributed by atoms with E-state index in [0.717, 1.165) is 46.8 Å². The molecule has 4 heteroatoms. The molecule has 0 aliphatic carbocycles. The van der Waals surface area contributed by atoms with E-state index in [2.05, 4.69) is 26.8 Å². The summed E-state index contributed by atoms with van der Waals surface area (Å²) in [4.78, 5) is 0. The van der Waals surface area contributed by atoms with Crippen molar-refractivity contribution in [3.05, 3.63) is 55.7 Å². The van der Waals surface area contributed by atoms with Crippen molar-refractivity contribution in [1.29, 1.82) is 0 Å². The number of quaternary nitrogens is 1. The van der Waals surface area contributed by atoms with E-state index in [1.807, 2.05) is 37.3 Å². The zero-order valence-corrected chi connectivity index (χ0v) is 16.6. The van der Waals surface area contributed by atoms with Crippen LogP contribution in [0.4, 0.5) is 0 Å². The summed E-state index contributed by atoms with van der Waals surface area (Å²) in [5.74, 6) is 1.50. The van der Waals surface area contributed by atoms with E-state index in [1.54, 1.807) is 7.11 Å². The van der Waals surface area contributed by atoms with Gasteiger partial charge in [-0.25, -0.2) is 0 Å². The summed E-state index contributed by atoms with van der Waals surface area (Å²) in [6, 6.07) is 5.86. The van der Waals surface area contributed by atoms with Crippen molar-refractivity contribution in [2.75, 3.05) is 40.4 Å². The zero-order valence-electron chi connectivity index (χ0n) is 14.5. The molecule has 0 bridgehead atoms. The topological polar surface area (TPSA) is 18.5 Å². The van der Waals surface area contributed by atoms with E-state index < -0.39 is 0 Å². The van der Waals surface area contributed by atoms with Gasteiger partial charge in [0.2, 0.25) is 0 Å². The summed E-state index contributed by atoms with van der Waals surface area (Å²) in [5.41, 5.74) is 1.95.